The highest BCUT2D eigenvalue weighted by atomic mass is 16.4. The molecule has 0 aliphatic carbocycles. The first kappa shape index (κ1) is 15.4. The number of aliphatic carboxylic acids is 1. The van der Waals surface area contributed by atoms with Crippen LogP contribution in [-0.2, 0) is 14.4 Å². The molecule has 0 aliphatic rings. The van der Waals surface area contributed by atoms with Crippen molar-refractivity contribution in [3.05, 3.63) is 5.53 Å². The number of carbonyl (C=O) groups is 3. The van der Waals surface area contributed by atoms with Crippen LogP contribution in [0, 0.1) is 11.3 Å². The molecule has 0 aromatic heterocycles. The Morgan fingerprint density at radius 1 is 1.50 bits per heavy atom. The first-order chi connectivity index (χ1) is 8.42. The number of carboxylic acids is 1. The monoisotopic (exact) mass is 254 g/mol. The van der Waals surface area contributed by atoms with Gasteiger partial charge in [-0.15, -0.1) is 0 Å². The molecular formula is C9H10N4O5. The third kappa shape index (κ3) is 5.50. The molecule has 0 aliphatic heterocycles. The van der Waals surface area contributed by atoms with Gasteiger partial charge in [0, 0.05) is 6.42 Å². The van der Waals surface area contributed by atoms with Crippen LogP contribution in [0.15, 0.2) is 0 Å². The summed E-state index contributed by atoms with van der Waals surface area (Å²) in [6.07, 6.45) is -1.90. The zero-order valence-electron chi connectivity index (χ0n) is 9.11. The van der Waals surface area contributed by atoms with Gasteiger partial charge in [-0.1, -0.05) is 0 Å². The van der Waals surface area contributed by atoms with Crippen LogP contribution in [0.4, 0.5) is 0 Å². The number of hydrogen-bond acceptors (Lipinski definition) is 5. The highest BCUT2D eigenvalue weighted by molar-refractivity contribution is 6.25. The molecule has 0 aromatic carbocycles. The van der Waals surface area contributed by atoms with Crippen LogP contribution >= 0.6 is 0 Å². The molecule has 0 radical (unpaired) electrons. The Bertz CT molecular complexity index is 435. The van der Waals surface area contributed by atoms with E-state index in [4.69, 9.17) is 21.0 Å². The maximum atomic E-state index is 11.1. The van der Waals surface area contributed by atoms with Gasteiger partial charge < -0.3 is 21.1 Å². The number of aliphatic hydroxyl groups excluding tert-OH is 1. The van der Waals surface area contributed by atoms with E-state index in [1.54, 1.807) is 0 Å². The van der Waals surface area contributed by atoms with Gasteiger partial charge in [0.25, 0.3) is 5.91 Å². The Hall–Kier alpha value is -2.56. The quantitative estimate of drug-likeness (QED) is 0.207. The standard InChI is InChI=1S/C9H10N4O5/c10-3-7(15)8(16)13-6(9(17)18)2-1-5(14)4-12-11/h4,6-7,15H,1-2H2,(H,13,16)(H,17,18). The Morgan fingerprint density at radius 2 is 2.11 bits per heavy atom. The van der Waals surface area contributed by atoms with E-state index in [2.05, 4.69) is 4.79 Å². The van der Waals surface area contributed by atoms with Crippen molar-refractivity contribution in [2.24, 2.45) is 0 Å². The van der Waals surface area contributed by atoms with E-state index in [-0.39, 0.29) is 12.8 Å². The summed E-state index contributed by atoms with van der Waals surface area (Å²) in [6.45, 7) is 0. The van der Waals surface area contributed by atoms with Gasteiger partial charge in [-0.2, -0.15) is 10.1 Å². The maximum absolute atomic E-state index is 11.1. The molecule has 0 saturated heterocycles. The minimum atomic E-state index is -1.97. The van der Waals surface area contributed by atoms with E-state index < -0.39 is 29.8 Å². The summed E-state index contributed by atoms with van der Waals surface area (Å²) in [5.41, 5.74) is 8.05. The van der Waals surface area contributed by atoms with Crippen LogP contribution in [0.2, 0.25) is 0 Å². The summed E-state index contributed by atoms with van der Waals surface area (Å²) in [6, 6.07) is -0.196. The minimum absolute atomic E-state index is 0.260. The highest BCUT2D eigenvalue weighted by Crippen LogP contribution is 1.99. The zero-order chi connectivity index (χ0) is 14.1. The van der Waals surface area contributed by atoms with Crippen molar-refractivity contribution < 1.29 is 29.4 Å². The van der Waals surface area contributed by atoms with E-state index in [9.17, 15) is 14.4 Å². The SMILES string of the molecule is N#CC(O)C(=O)NC(CCC(=O)C=[N+]=[N-])C(=O)O. The first-order valence-electron chi connectivity index (χ1n) is 4.73. The van der Waals surface area contributed by atoms with Crippen molar-refractivity contribution in [1.82, 2.24) is 5.32 Å². The van der Waals surface area contributed by atoms with Crippen LogP contribution in [0.1, 0.15) is 12.8 Å². The molecule has 0 heterocycles. The van der Waals surface area contributed by atoms with Crippen LogP contribution in [0.3, 0.4) is 0 Å². The topological polar surface area (TPSA) is 164 Å². The molecule has 0 aromatic rings. The molecule has 1 amide bonds. The molecular weight excluding hydrogens is 244 g/mol. The van der Waals surface area contributed by atoms with Gasteiger partial charge in [0.15, 0.2) is 0 Å². The van der Waals surface area contributed by atoms with E-state index in [0.29, 0.717) is 6.21 Å². The van der Waals surface area contributed by atoms with E-state index in [0.717, 1.165) is 0 Å². The number of Topliss-reactive ketones (excluding diaryl/α,β-unsaturated/α-hetero) is 1. The number of amides is 1. The zero-order valence-corrected chi connectivity index (χ0v) is 9.11. The number of nitrogens with zero attached hydrogens (tertiary/aromatic N) is 3. The number of rotatable bonds is 7. The molecule has 0 saturated carbocycles. The van der Waals surface area contributed by atoms with Crippen LogP contribution in [-0.4, -0.2) is 51.0 Å². The Balaban J connectivity index is 4.46. The molecule has 18 heavy (non-hydrogen) atoms. The lowest BCUT2D eigenvalue weighted by molar-refractivity contribution is -0.143. The number of nitrogens with one attached hydrogen (secondary N) is 1. The predicted octanol–water partition coefficient (Wildman–Crippen LogP) is -1.91. The van der Waals surface area contributed by atoms with Crippen molar-refractivity contribution >= 4 is 23.9 Å². The van der Waals surface area contributed by atoms with Gasteiger partial charge in [-0.3, -0.25) is 9.59 Å². The number of ketones is 1. The van der Waals surface area contributed by atoms with Crippen LogP contribution < -0.4 is 5.32 Å². The first-order valence-corrected chi connectivity index (χ1v) is 4.73. The van der Waals surface area contributed by atoms with Gasteiger partial charge in [-0.05, 0) is 6.42 Å². The third-order valence-electron chi connectivity index (χ3n) is 1.87. The minimum Gasteiger partial charge on any atom is -0.480 e. The van der Waals surface area contributed by atoms with Crippen LogP contribution in [0.25, 0.3) is 5.53 Å². The lowest BCUT2D eigenvalue weighted by atomic mass is 10.1. The normalized spacial score (nSPS) is 12.4. The van der Waals surface area contributed by atoms with Crippen molar-refractivity contribution in [3.63, 3.8) is 0 Å². The molecule has 2 unspecified atom stereocenters. The summed E-state index contributed by atoms with van der Waals surface area (Å²) in [5, 5.41) is 27.7. The maximum Gasteiger partial charge on any atom is 0.326 e. The van der Waals surface area contributed by atoms with Gasteiger partial charge in [-0.25, -0.2) is 4.79 Å². The Labute approximate surface area is 101 Å². The van der Waals surface area contributed by atoms with E-state index >= 15 is 0 Å². The molecule has 96 valence electrons. The smallest absolute Gasteiger partial charge is 0.326 e. The van der Waals surface area contributed by atoms with Crippen molar-refractivity contribution in [1.29, 1.82) is 5.26 Å². The Morgan fingerprint density at radius 3 is 2.56 bits per heavy atom. The average Bonchev–Trinajstić information content (AvgIpc) is 2.32. The second-order valence-electron chi connectivity index (χ2n) is 3.18. The summed E-state index contributed by atoms with van der Waals surface area (Å²) < 4.78 is 0. The van der Waals surface area contributed by atoms with Gasteiger partial charge >= 0.3 is 12.2 Å². The summed E-state index contributed by atoms with van der Waals surface area (Å²) in [4.78, 5) is 35.2. The fraction of sp³-hybridized carbons (Fsp3) is 0.444. The molecule has 0 fully saturated rings. The fourth-order valence-electron chi connectivity index (χ4n) is 0.982. The fourth-order valence-corrected chi connectivity index (χ4v) is 0.982. The molecule has 9 nitrogen and oxygen atoms in total. The average molecular weight is 254 g/mol. The van der Waals surface area contributed by atoms with E-state index in [1.807, 2.05) is 5.32 Å². The molecule has 0 rings (SSSR count). The summed E-state index contributed by atoms with van der Waals surface area (Å²) >= 11 is 0. The highest BCUT2D eigenvalue weighted by Gasteiger charge is 2.24. The number of nitriles is 1. The van der Waals surface area contributed by atoms with Gasteiger partial charge in [0.1, 0.15) is 12.1 Å². The lowest BCUT2D eigenvalue weighted by Gasteiger charge is -2.13. The van der Waals surface area contributed by atoms with Crippen molar-refractivity contribution in [2.45, 2.75) is 25.0 Å². The molecule has 0 bridgehead atoms. The predicted molar refractivity (Wildman–Crippen MR) is 55.1 cm³/mol. The molecule has 9 heteroatoms. The van der Waals surface area contributed by atoms with Crippen LogP contribution in [0.5, 0.6) is 0 Å². The second kappa shape index (κ2) is 7.67. The second-order valence-corrected chi connectivity index (χ2v) is 3.18. The largest absolute Gasteiger partial charge is 0.480 e. The molecule has 3 N–H and O–H groups in total. The number of carbonyl (C=O) groups excluding carboxylic acids is 2. The summed E-state index contributed by atoms with van der Waals surface area (Å²) in [7, 11) is 0. The summed E-state index contributed by atoms with van der Waals surface area (Å²) in [5.74, 6) is -3.20. The molecule has 2 atom stereocenters. The molecule has 0 spiro atoms. The van der Waals surface area contributed by atoms with E-state index in [1.165, 1.54) is 6.07 Å². The van der Waals surface area contributed by atoms with Crippen molar-refractivity contribution in [3.8, 4) is 6.07 Å². The Kier molecular flexibility index (Phi) is 6.58. The number of carboxylic acid groups (broad SMARTS) is 1. The number of aliphatic hydroxyl groups is 1. The van der Waals surface area contributed by atoms with Crippen molar-refractivity contribution in [2.75, 3.05) is 0 Å². The lowest BCUT2D eigenvalue weighted by Crippen LogP contribution is -2.45. The number of hydrogen-bond donors (Lipinski definition) is 3. The third-order valence-corrected chi connectivity index (χ3v) is 1.87. The van der Waals surface area contributed by atoms with Gasteiger partial charge in [0.05, 0.1) is 0 Å². The van der Waals surface area contributed by atoms with Gasteiger partial charge in [0.2, 0.25) is 11.9 Å².